The van der Waals surface area contributed by atoms with E-state index < -0.39 is 16.4 Å². The van der Waals surface area contributed by atoms with Gasteiger partial charge in [0.15, 0.2) is 5.49 Å². The summed E-state index contributed by atoms with van der Waals surface area (Å²) in [6.07, 6.45) is 1.45. The number of aliphatic imine (C=N–C) groups is 1. The van der Waals surface area contributed by atoms with Crippen LogP contribution in [0, 0.1) is 17.0 Å². The molecule has 4 rings (SSSR count). The van der Waals surface area contributed by atoms with Crippen molar-refractivity contribution in [3.63, 3.8) is 0 Å². The predicted octanol–water partition coefficient (Wildman–Crippen LogP) is 3.16. The van der Waals surface area contributed by atoms with Gasteiger partial charge in [-0.1, -0.05) is 48.2 Å². The number of benzene rings is 3. The quantitative estimate of drug-likeness (QED) is 0.181. The van der Waals surface area contributed by atoms with Gasteiger partial charge in [0, 0.05) is 19.3 Å². The van der Waals surface area contributed by atoms with E-state index >= 15 is 0 Å². The van der Waals surface area contributed by atoms with Crippen LogP contribution in [0.1, 0.15) is 11.3 Å². The molecule has 1 aromatic heterocycles. The second-order valence-electron chi connectivity index (χ2n) is 7.25. The molecule has 3 aromatic carbocycles. The van der Waals surface area contributed by atoms with Crippen LogP contribution in [0.2, 0.25) is 0 Å². The van der Waals surface area contributed by atoms with Crippen molar-refractivity contribution in [2.45, 2.75) is 6.92 Å². The minimum Gasteiger partial charge on any atom is -0.871 e. The minimum absolute atomic E-state index is 0. The fourth-order valence-corrected chi connectivity index (χ4v) is 3.39. The average Bonchev–Trinajstić information content (AvgIpc) is 3.03. The van der Waals surface area contributed by atoms with Gasteiger partial charge in [-0.25, -0.2) is 9.67 Å². The van der Waals surface area contributed by atoms with E-state index in [4.69, 9.17) is 0 Å². The van der Waals surface area contributed by atoms with Crippen molar-refractivity contribution in [2.75, 3.05) is 0 Å². The van der Waals surface area contributed by atoms with Gasteiger partial charge in [0.1, 0.15) is 5.69 Å². The van der Waals surface area contributed by atoms with E-state index in [0.29, 0.717) is 16.7 Å². The number of rotatable bonds is 5. The summed E-state index contributed by atoms with van der Waals surface area (Å²) in [6, 6.07) is 19.7. The molecule has 4 aromatic rings. The van der Waals surface area contributed by atoms with E-state index in [9.17, 15) is 20.3 Å². The van der Waals surface area contributed by atoms with Crippen molar-refractivity contribution < 1.29 is 31.6 Å². The zero-order valence-corrected chi connectivity index (χ0v) is 19.2. The van der Waals surface area contributed by atoms with Crippen LogP contribution in [0.5, 0.6) is 11.5 Å². The van der Waals surface area contributed by atoms with Gasteiger partial charge in [0.25, 0.3) is 5.69 Å². The molecule has 174 valence electrons. The van der Waals surface area contributed by atoms with Crippen molar-refractivity contribution >= 4 is 23.3 Å². The van der Waals surface area contributed by atoms with E-state index in [2.05, 4.69) is 9.98 Å². The molecule has 0 atom stereocenters. The molecule has 0 amide bonds. The summed E-state index contributed by atoms with van der Waals surface area (Å²) in [5, 5.41) is 35.2. The topological polar surface area (TPSA) is 124 Å². The normalized spacial score (nSPS) is 11.5. The predicted molar refractivity (Wildman–Crippen MR) is 120 cm³/mol. The first-order valence-corrected chi connectivity index (χ1v) is 10.0. The number of nitro groups is 1. The third-order valence-corrected chi connectivity index (χ3v) is 5.16. The molecule has 10 heteroatoms. The van der Waals surface area contributed by atoms with Crippen molar-refractivity contribution in [3.8, 4) is 17.2 Å². The molecule has 0 saturated heterocycles. The molecular weight excluding hydrogens is 481 g/mol. The molecule has 0 saturated carbocycles. The first-order valence-electron chi connectivity index (χ1n) is 10.0. The maximum Gasteiger partial charge on any atom is 2.00 e. The molecule has 0 unspecified atom stereocenters. The summed E-state index contributed by atoms with van der Waals surface area (Å²) >= 11 is 0. The fourth-order valence-electron chi connectivity index (χ4n) is 3.39. The summed E-state index contributed by atoms with van der Waals surface area (Å²) in [7, 11) is 1.85. The summed E-state index contributed by atoms with van der Waals surface area (Å²) in [5.74, 6) is -0.918. The zero-order valence-electron chi connectivity index (χ0n) is 18.2. The van der Waals surface area contributed by atoms with E-state index in [-0.39, 0.29) is 27.9 Å². The number of nitrogens with zero attached hydrogens (tertiary/aromatic N) is 5. The third-order valence-electron chi connectivity index (χ3n) is 5.16. The van der Waals surface area contributed by atoms with Crippen LogP contribution >= 0.6 is 0 Å². The van der Waals surface area contributed by atoms with Crippen LogP contribution in [0.25, 0.3) is 5.69 Å². The Balaban J connectivity index is 0.00000324. The third kappa shape index (κ3) is 4.77. The second kappa shape index (κ2) is 10.2. The molecule has 34 heavy (non-hydrogen) atoms. The van der Waals surface area contributed by atoms with Crippen LogP contribution in [0.15, 0.2) is 82.8 Å². The standard InChI is InChI=1S/C24H21N5O4.Ni/c1-16-23(25-15-17-12-13-20(29(32)33)22(31)14-17)24(26-19-10-6-7-11-21(19)30)28(27(16)2)18-8-4-3-5-9-18;/h3-15,30-31H,1-2H3;/q;+2/p-2. The van der Waals surface area contributed by atoms with E-state index in [1.165, 1.54) is 18.3 Å². The maximum absolute atomic E-state index is 12.3. The van der Waals surface area contributed by atoms with Crippen molar-refractivity contribution in [1.82, 2.24) is 9.36 Å². The van der Waals surface area contributed by atoms with Crippen LogP contribution in [0.3, 0.4) is 0 Å². The smallest absolute Gasteiger partial charge is 0.871 e. The summed E-state index contributed by atoms with van der Waals surface area (Å²) in [6.45, 7) is 1.86. The number of nitro benzene ring substituents is 1. The molecule has 0 aliphatic rings. The molecule has 0 aliphatic carbocycles. The summed E-state index contributed by atoms with van der Waals surface area (Å²) < 4.78 is 3.70. The average molecular weight is 500 g/mol. The Morgan fingerprint density at radius 3 is 2.26 bits per heavy atom. The molecular formula is C24H19N5NiO4. The van der Waals surface area contributed by atoms with E-state index in [0.717, 1.165) is 23.5 Å². The van der Waals surface area contributed by atoms with Gasteiger partial charge in [-0.2, -0.15) is 0 Å². The van der Waals surface area contributed by atoms with E-state index in [1.807, 2.05) is 53.7 Å². The Hall–Kier alpha value is -4.17. The Bertz CT molecular complexity index is 1440. The second-order valence-corrected chi connectivity index (χ2v) is 7.25. The first-order chi connectivity index (χ1) is 15.9. The number of hydrogen-bond donors (Lipinski definition) is 0. The molecule has 0 radical (unpaired) electrons. The van der Waals surface area contributed by atoms with Gasteiger partial charge in [-0.3, -0.25) is 19.8 Å². The Kier molecular flexibility index (Phi) is 7.33. The van der Waals surface area contributed by atoms with Gasteiger partial charge in [-0.15, -0.1) is 0 Å². The van der Waals surface area contributed by atoms with Crippen molar-refractivity contribution in [1.29, 1.82) is 0 Å². The first kappa shape index (κ1) is 24.5. The maximum atomic E-state index is 12.3. The van der Waals surface area contributed by atoms with Crippen molar-refractivity contribution in [3.05, 3.63) is 99.7 Å². The molecule has 0 spiro atoms. The van der Waals surface area contributed by atoms with Gasteiger partial charge < -0.3 is 10.2 Å². The Morgan fingerprint density at radius 2 is 1.62 bits per heavy atom. The van der Waals surface area contributed by atoms with Gasteiger partial charge in [-0.05, 0) is 42.5 Å². The largest absolute Gasteiger partial charge is 2.00 e. The minimum atomic E-state index is -0.718. The fraction of sp³-hybridized carbons (Fsp3) is 0.0833. The van der Waals surface area contributed by atoms with Crippen LogP contribution in [0.4, 0.5) is 17.1 Å². The van der Waals surface area contributed by atoms with Crippen LogP contribution in [-0.4, -0.2) is 20.5 Å². The van der Waals surface area contributed by atoms with Crippen molar-refractivity contribution in [2.24, 2.45) is 17.0 Å². The monoisotopic (exact) mass is 499 g/mol. The SMILES string of the molecule is Cc1c(N=Cc2ccc([N+](=O)[O-])c([O-])c2)c(=Nc2ccccc2[O-])n(-c2ccccc2)n1C.[Ni+2]. The summed E-state index contributed by atoms with van der Waals surface area (Å²) in [4.78, 5) is 19.4. The molecule has 9 nitrogen and oxygen atoms in total. The Morgan fingerprint density at radius 1 is 0.941 bits per heavy atom. The number of aromatic nitrogens is 2. The van der Waals surface area contributed by atoms with Gasteiger partial charge >= 0.3 is 16.5 Å². The summed E-state index contributed by atoms with van der Waals surface area (Å²) in [5.41, 5.74) is 2.70. The van der Waals surface area contributed by atoms with Gasteiger partial charge in [0.2, 0.25) is 0 Å². The zero-order chi connectivity index (χ0) is 23.5. The Labute approximate surface area is 205 Å². The number of hydrogen-bond acceptors (Lipinski definition) is 6. The van der Waals surface area contributed by atoms with Crippen LogP contribution in [-0.2, 0) is 23.5 Å². The molecule has 0 fully saturated rings. The molecule has 0 bridgehead atoms. The number of para-hydroxylation sites is 3. The van der Waals surface area contributed by atoms with E-state index in [1.54, 1.807) is 18.2 Å². The van der Waals surface area contributed by atoms with Crippen LogP contribution < -0.4 is 15.7 Å². The van der Waals surface area contributed by atoms with Gasteiger partial charge in [0.05, 0.1) is 22.0 Å². The molecule has 1 heterocycles. The molecule has 0 N–H and O–H groups in total. The molecule has 0 aliphatic heterocycles.